The van der Waals surface area contributed by atoms with Crippen LogP contribution >= 0.6 is 11.3 Å². The van der Waals surface area contributed by atoms with Crippen LogP contribution in [0.1, 0.15) is 18.3 Å². The summed E-state index contributed by atoms with van der Waals surface area (Å²) in [5, 5.41) is 1.02. The van der Waals surface area contributed by atoms with Gasteiger partial charge in [0.25, 0.3) is 0 Å². The van der Waals surface area contributed by atoms with Gasteiger partial charge in [-0.15, -0.1) is 0 Å². The Labute approximate surface area is 116 Å². The van der Waals surface area contributed by atoms with E-state index in [0.29, 0.717) is 6.61 Å². The van der Waals surface area contributed by atoms with Crippen LogP contribution in [0.25, 0.3) is 15.3 Å². The van der Waals surface area contributed by atoms with E-state index in [1.165, 1.54) is 11.4 Å². The molecule has 0 aliphatic carbocycles. The van der Waals surface area contributed by atoms with Gasteiger partial charge in [0.2, 0.25) is 0 Å². The topological polar surface area (TPSA) is 27.1 Å². The molecule has 2 aromatic heterocycles. The molecule has 3 nitrogen and oxygen atoms in total. The summed E-state index contributed by atoms with van der Waals surface area (Å²) in [4.78, 5) is 4.70. The monoisotopic (exact) mass is 272 g/mol. The second-order valence-corrected chi connectivity index (χ2v) is 5.52. The molecule has 0 saturated carbocycles. The first-order valence-electron chi connectivity index (χ1n) is 6.37. The molecule has 0 bridgehead atoms. The van der Waals surface area contributed by atoms with Crippen molar-refractivity contribution in [2.45, 2.75) is 20.8 Å². The highest BCUT2D eigenvalue weighted by Gasteiger charge is 2.10. The van der Waals surface area contributed by atoms with Gasteiger partial charge in [0.1, 0.15) is 5.75 Å². The predicted molar refractivity (Wildman–Crippen MR) is 79.6 cm³/mol. The maximum Gasteiger partial charge on any atom is 0.195 e. The molecule has 2 heterocycles. The molecular formula is C15H16N2OS. The van der Waals surface area contributed by atoms with E-state index >= 15 is 0 Å². The molecule has 0 unspecified atom stereocenters. The Balaban J connectivity index is 2.11. The highest BCUT2D eigenvalue weighted by atomic mass is 32.1. The fraction of sp³-hybridized carbons (Fsp3) is 0.267. The number of aryl methyl sites for hydroxylation is 2. The Kier molecular flexibility index (Phi) is 3.03. The van der Waals surface area contributed by atoms with E-state index in [2.05, 4.69) is 36.6 Å². The number of nitrogens with zero attached hydrogens (tertiary/aromatic N) is 2. The van der Waals surface area contributed by atoms with Gasteiger partial charge in [0.05, 0.1) is 16.8 Å². The zero-order valence-electron chi connectivity index (χ0n) is 11.3. The molecule has 0 radical (unpaired) electrons. The van der Waals surface area contributed by atoms with E-state index in [-0.39, 0.29) is 0 Å². The second-order valence-electron chi connectivity index (χ2n) is 4.51. The highest BCUT2D eigenvalue weighted by Crippen LogP contribution is 2.30. The molecule has 19 heavy (non-hydrogen) atoms. The number of hydrogen-bond acceptors (Lipinski definition) is 3. The minimum atomic E-state index is 0.687. The van der Waals surface area contributed by atoms with Gasteiger partial charge in [-0.3, -0.25) is 4.57 Å². The van der Waals surface area contributed by atoms with Crippen LogP contribution < -0.4 is 4.74 Å². The Hall–Kier alpha value is -1.81. The summed E-state index contributed by atoms with van der Waals surface area (Å²) in [6.45, 7) is 6.89. The lowest BCUT2D eigenvalue weighted by Crippen LogP contribution is -1.97. The normalized spacial score (nSPS) is 11.1. The lowest BCUT2D eigenvalue weighted by atomic mass is 10.3. The molecule has 0 aliphatic heterocycles. The minimum Gasteiger partial charge on any atom is -0.494 e. The molecule has 3 rings (SSSR count). The van der Waals surface area contributed by atoms with Gasteiger partial charge in [-0.1, -0.05) is 11.3 Å². The molecule has 0 amide bonds. The van der Waals surface area contributed by atoms with E-state index < -0.39 is 0 Å². The average molecular weight is 272 g/mol. The van der Waals surface area contributed by atoms with Crippen molar-refractivity contribution in [2.24, 2.45) is 0 Å². The lowest BCUT2D eigenvalue weighted by molar-refractivity contribution is 0.341. The van der Waals surface area contributed by atoms with Crippen LogP contribution in [0.5, 0.6) is 5.75 Å². The van der Waals surface area contributed by atoms with Crippen LogP contribution in [-0.2, 0) is 0 Å². The highest BCUT2D eigenvalue weighted by molar-refractivity contribution is 7.20. The predicted octanol–water partition coefficient (Wildman–Crippen LogP) is 4.10. The number of ether oxygens (including phenoxy) is 1. The average Bonchev–Trinajstić information content (AvgIpc) is 2.92. The Morgan fingerprint density at radius 2 is 1.89 bits per heavy atom. The molecule has 1 aromatic carbocycles. The Bertz CT molecular complexity index is 707. The third kappa shape index (κ3) is 2.12. The van der Waals surface area contributed by atoms with Crippen LogP contribution in [0.4, 0.5) is 0 Å². The van der Waals surface area contributed by atoms with Crippen LogP contribution in [0.15, 0.2) is 30.3 Å². The summed E-state index contributed by atoms with van der Waals surface area (Å²) in [6.07, 6.45) is 0. The second kappa shape index (κ2) is 4.70. The fourth-order valence-electron chi connectivity index (χ4n) is 2.22. The maximum atomic E-state index is 5.53. The number of fused-ring (bicyclic) bond motifs is 1. The van der Waals surface area contributed by atoms with E-state index in [4.69, 9.17) is 9.72 Å². The molecule has 0 atom stereocenters. The van der Waals surface area contributed by atoms with Crippen molar-refractivity contribution in [2.75, 3.05) is 6.61 Å². The van der Waals surface area contributed by atoms with Gasteiger partial charge in [-0.2, -0.15) is 0 Å². The van der Waals surface area contributed by atoms with Gasteiger partial charge in [-0.05, 0) is 51.1 Å². The third-order valence-electron chi connectivity index (χ3n) is 3.12. The van der Waals surface area contributed by atoms with Crippen LogP contribution in [-0.4, -0.2) is 16.2 Å². The first-order valence-corrected chi connectivity index (χ1v) is 7.19. The van der Waals surface area contributed by atoms with E-state index in [9.17, 15) is 0 Å². The van der Waals surface area contributed by atoms with Crippen molar-refractivity contribution in [1.29, 1.82) is 0 Å². The minimum absolute atomic E-state index is 0.687. The van der Waals surface area contributed by atoms with Gasteiger partial charge in [0, 0.05) is 11.4 Å². The lowest BCUT2D eigenvalue weighted by Gasteiger charge is -2.03. The number of benzene rings is 1. The third-order valence-corrected chi connectivity index (χ3v) is 4.13. The molecule has 0 spiro atoms. The van der Waals surface area contributed by atoms with E-state index in [0.717, 1.165) is 21.1 Å². The smallest absolute Gasteiger partial charge is 0.195 e. The maximum absolute atomic E-state index is 5.53. The molecule has 98 valence electrons. The Morgan fingerprint density at radius 3 is 2.58 bits per heavy atom. The summed E-state index contributed by atoms with van der Waals surface area (Å²) in [5.74, 6) is 0.908. The molecular weight excluding hydrogens is 256 g/mol. The molecule has 4 heteroatoms. The molecule has 3 aromatic rings. The number of aromatic nitrogens is 2. The zero-order valence-corrected chi connectivity index (χ0v) is 12.1. The van der Waals surface area contributed by atoms with E-state index in [1.54, 1.807) is 11.3 Å². The van der Waals surface area contributed by atoms with Crippen molar-refractivity contribution in [1.82, 2.24) is 9.55 Å². The standard InChI is InChI=1S/C15H16N2OS/c1-4-18-12-7-8-13-14(9-12)19-15(16-13)17-10(2)5-6-11(17)3/h5-9H,4H2,1-3H3. The van der Waals surface area contributed by atoms with Gasteiger partial charge in [0.15, 0.2) is 5.13 Å². The van der Waals surface area contributed by atoms with Crippen LogP contribution in [0.2, 0.25) is 0 Å². The number of hydrogen-bond donors (Lipinski definition) is 0. The zero-order chi connectivity index (χ0) is 13.4. The summed E-state index contributed by atoms with van der Waals surface area (Å²) in [5.41, 5.74) is 3.44. The van der Waals surface area contributed by atoms with Crippen LogP contribution in [0, 0.1) is 13.8 Å². The summed E-state index contributed by atoms with van der Waals surface area (Å²) in [6, 6.07) is 10.3. The van der Waals surface area contributed by atoms with Crippen molar-refractivity contribution in [3.05, 3.63) is 41.7 Å². The van der Waals surface area contributed by atoms with Crippen LogP contribution in [0.3, 0.4) is 0 Å². The number of rotatable bonds is 3. The molecule has 0 aliphatic rings. The van der Waals surface area contributed by atoms with Crippen molar-refractivity contribution in [3.8, 4) is 10.9 Å². The van der Waals surface area contributed by atoms with Gasteiger partial charge < -0.3 is 4.74 Å². The van der Waals surface area contributed by atoms with E-state index in [1.807, 2.05) is 19.1 Å². The summed E-state index contributed by atoms with van der Waals surface area (Å²) in [7, 11) is 0. The van der Waals surface area contributed by atoms with Crippen molar-refractivity contribution in [3.63, 3.8) is 0 Å². The SMILES string of the molecule is CCOc1ccc2nc(-n3c(C)ccc3C)sc2c1. The van der Waals surface area contributed by atoms with Crippen molar-refractivity contribution < 1.29 is 4.74 Å². The summed E-state index contributed by atoms with van der Waals surface area (Å²) < 4.78 is 8.88. The van der Waals surface area contributed by atoms with Gasteiger partial charge >= 0.3 is 0 Å². The first-order chi connectivity index (χ1) is 9.19. The largest absolute Gasteiger partial charge is 0.494 e. The summed E-state index contributed by atoms with van der Waals surface area (Å²) >= 11 is 1.70. The van der Waals surface area contributed by atoms with Crippen molar-refractivity contribution >= 4 is 21.6 Å². The quantitative estimate of drug-likeness (QED) is 0.717. The Morgan fingerprint density at radius 1 is 1.16 bits per heavy atom. The number of thiazole rings is 1. The molecule has 0 N–H and O–H groups in total. The molecule has 0 saturated heterocycles. The molecule has 0 fully saturated rings. The fourth-order valence-corrected chi connectivity index (χ4v) is 3.33. The van der Waals surface area contributed by atoms with Gasteiger partial charge in [-0.25, -0.2) is 4.98 Å². The first kappa shape index (κ1) is 12.2.